The van der Waals surface area contributed by atoms with Gasteiger partial charge in [-0.15, -0.1) is 0 Å². The fourth-order valence-electron chi connectivity index (χ4n) is 8.70. The fraction of sp³-hybridized carbons (Fsp3) is 0.0833. The van der Waals surface area contributed by atoms with E-state index in [0.717, 1.165) is 0 Å². The average Bonchev–Trinajstić information content (AvgIpc) is 3.18. The van der Waals surface area contributed by atoms with Gasteiger partial charge in [-0.25, -0.2) is 0 Å². The Kier molecular flexibility index (Phi) is 6.57. The summed E-state index contributed by atoms with van der Waals surface area (Å²) in [6, 6.07) is 63.1. The van der Waals surface area contributed by atoms with E-state index in [2.05, 4.69) is 200 Å². The van der Waals surface area contributed by atoms with Gasteiger partial charge in [-0.05, 0) is 79.5 Å². The first-order chi connectivity index (χ1) is 25.0. The third-order valence-electron chi connectivity index (χ3n) is 11.0. The van der Waals surface area contributed by atoms with Crippen LogP contribution in [-0.4, -0.2) is 6.85 Å². The van der Waals surface area contributed by atoms with Crippen molar-refractivity contribution in [1.82, 2.24) is 0 Å². The summed E-state index contributed by atoms with van der Waals surface area (Å²) in [6.07, 6.45) is 0. The lowest BCUT2D eigenvalue weighted by Gasteiger charge is -2.46. The van der Waals surface area contributed by atoms with E-state index in [1.165, 1.54) is 88.7 Å². The molecule has 0 aliphatic carbocycles. The highest BCUT2D eigenvalue weighted by Gasteiger charge is 2.45. The summed E-state index contributed by atoms with van der Waals surface area (Å²) in [5, 5.41) is 5.06. The number of rotatable bonds is 3. The van der Waals surface area contributed by atoms with Crippen molar-refractivity contribution in [3.63, 3.8) is 0 Å². The maximum Gasteiger partial charge on any atom is 0.333 e. The van der Waals surface area contributed by atoms with Crippen molar-refractivity contribution in [2.24, 2.45) is 0 Å². The average molecular weight is 653 g/mol. The molecule has 0 spiro atoms. The van der Waals surface area contributed by atoms with Gasteiger partial charge in [-0.2, -0.15) is 0 Å². The highest BCUT2D eigenvalue weighted by molar-refractivity contribution is 6.94. The van der Waals surface area contributed by atoms with Crippen LogP contribution >= 0.6 is 0 Å². The summed E-state index contributed by atoms with van der Waals surface area (Å²) < 4.78 is 0. The summed E-state index contributed by atoms with van der Waals surface area (Å²) in [7, 11) is 0. The molecule has 0 bridgehead atoms. The summed E-state index contributed by atoms with van der Waals surface area (Å²) >= 11 is 0. The first-order valence-electron chi connectivity index (χ1n) is 18.0. The molecule has 10 rings (SSSR count). The fourth-order valence-corrected chi connectivity index (χ4v) is 8.70. The lowest BCUT2D eigenvalue weighted by molar-refractivity contribution is 0.590. The van der Waals surface area contributed by atoms with Crippen LogP contribution in [0.1, 0.15) is 26.3 Å². The molecule has 0 N–H and O–H groups in total. The van der Waals surface area contributed by atoms with Gasteiger partial charge in [0.15, 0.2) is 0 Å². The molecule has 0 atom stereocenters. The van der Waals surface area contributed by atoms with E-state index in [-0.39, 0.29) is 12.3 Å². The Labute approximate surface area is 300 Å². The maximum atomic E-state index is 2.68. The first-order valence-corrected chi connectivity index (χ1v) is 18.0. The zero-order valence-corrected chi connectivity index (χ0v) is 29.1. The number of fused-ring (bicyclic) bond motifs is 7. The number of hydrogen-bond donors (Lipinski definition) is 0. The lowest BCUT2D eigenvalue weighted by atomic mass is 9.43. The second-order valence-corrected chi connectivity index (χ2v) is 14.9. The molecule has 2 aliphatic heterocycles. The van der Waals surface area contributed by atoms with Gasteiger partial charge in [0, 0.05) is 45.0 Å². The first kappa shape index (κ1) is 29.8. The van der Waals surface area contributed by atoms with Gasteiger partial charge in [0.1, 0.15) is 0 Å². The van der Waals surface area contributed by atoms with Gasteiger partial charge in [-0.3, -0.25) is 0 Å². The van der Waals surface area contributed by atoms with Crippen molar-refractivity contribution in [2.75, 3.05) is 9.71 Å². The Bertz CT molecular complexity index is 2640. The molecule has 242 valence electrons. The van der Waals surface area contributed by atoms with Crippen molar-refractivity contribution in [2.45, 2.75) is 26.2 Å². The Morgan fingerprint density at radius 3 is 1.76 bits per heavy atom. The predicted molar refractivity (Wildman–Crippen MR) is 219 cm³/mol. The van der Waals surface area contributed by atoms with Gasteiger partial charge in [0.25, 0.3) is 0 Å². The highest BCUT2D eigenvalue weighted by Crippen LogP contribution is 2.52. The molecule has 0 saturated carbocycles. The van der Waals surface area contributed by atoms with Crippen LogP contribution in [0.4, 0.5) is 28.4 Å². The minimum Gasteiger partial charge on any atom is -0.375 e. The molecule has 2 heterocycles. The van der Waals surface area contributed by atoms with E-state index in [4.69, 9.17) is 0 Å². The van der Waals surface area contributed by atoms with Crippen LogP contribution in [-0.2, 0) is 5.41 Å². The van der Waals surface area contributed by atoms with Crippen molar-refractivity contribution in [3.8, 4) is 22.3 Å². The van der Waals surface area contributed by atoms with E-state index in [1.54, 1.807) is 0 Å². The molecule has 0 saturated heterocycles. The molecular weight excluding hydrogens is 615 g/mol. The zero-order chi connectivity index (χ0) is 34.3. The third kappa shape index (κ3) is 4.44. The minimum atomic E-state index is -0.0561. The number of nitrogens with zero attached hydrogens (tertiary/aromatic N) is 2. The number of anilines is 5. The second kappa shape index (κ2) is 11.2. The molecule has 3 heteroatoms. The number of benzene rings is 8. The van der Waals surface area contributed by atoms with E-state index in [0.29, 0.717) is 0 Å². The predicted octanol–water partition coefficient (Wildman–Crippen LogP) is 11.7. The topological polar surface area (TPSA) is 6.48 Å². The van der Waals surface area contributed by atoms with Gasteiger partial charge in [0.05, 0.1) is 0 Å². The Hall–Kier alpha value is -6.06. The van der Waals surface area contributed by atoms with Crippen molar-refractivity contribution >= 4 is 67.8 Å². The molecule has 0 fully saturated rings. The van der Waals surface area contributed by atoms with E-state index in [1.807, 2.05) is 0 Å². The van der Waals surface area contributed by atoms with Gasteiger partial charge in [-0.1, -0.05) is 160 Å². The third-order valence-corrected chi connectivity index (χ3v) is 11.0. The van der Waals surface area contributed by atoms with Crippen LogP contribution in [0.5, 0.6) is 0 Å². The highest BCUT2D eigenvalue weighted by atomic mass is 15.2. The summed E-state index contributed by atoms with van der Waals surface area (Å²) in [5.74, 6) is 0. The van der Waals surface area contributed by atoms with E-state index in [9.17, 15) is 0 Å². The number of para-hydroxylation sites is 2. The summed E-state index contributed by atoms with van der Waals surface area (Å²) in [6.45, 7) is 6.78. The summed E-state index contributed by atoms with van der Waals surface area (Å²) in [4.78, 5) is 5.16. The molecule has 8 aromatic carbocycles. The smallest absolute Gasteiger partial charge is 0.333 e. The Morgan fingerprint density at radius 1 is 0.451 bits per heavy atom. The van der Waals surface area contributed by atoms with Crippen LogP contribution < -0.4 is 20.6 Å². The Morgan fingerprint density at radius 2 is 1.02 bits per heavy atom. The molecule has 0 radical (unpaired) electrons. The van der Waals surface area contributed by atoms with E-state index < -0.39 is 0 Å². The molecule has 51 heavy (non-hydrogen) atoms. The maximum absolute atomic E-state index is 2.68. The largest absolute Gasteiger partial charge is 0.375 e. The van der Waals surface area contributed by atoms with Gasteiger partial charge >= 0.3 is 6.85 Å². The Balaban J connectivity index is 1.33. The van der Waals surface area contributed by atoms with Crippen LogP contribution in [0, 0.1) is 0 Å². The summed E-state index contributed by atoms with van der Waals surface area (Å²) in [5.41, 5.74) is 15.2. The second-order valence-electron chi connectivity index (χ2n) is 14.9. The minimum absolute atomic E-state index is 0.0561. The monoisotopic (exact) mass is 652 g/mol. The van der Waals surface area contributed by atoms with Gasteiger partial charge in [0.2, 0.25) is 0 Å². The molecular formula is C48H37BN2. The van der Waals surface area contributed by atoms with E-state index >= 15 is 0 Å². The number of hydrogen-bond acceptors (Lipinski definition) is 2. The molecule has 0 unspecified atom stereocenters. The quantitative estimate of drug-likeness (QED) is 0.138. The molecule has 8 aromatic rings. The van der Waals surface area contributed by atoms with Crippen molar-refractivity contribution in [1.29, 1.82) is 0 Å². The molecule has 0 amide bonds. The van der Waals surface area contributed by atoms with Crippen LogP contribution in [0.15, 0.2) is 170 Å². The molecule has 2 aliphatic rings. The van der Waals surface area contributed by atoms with Crippen molar-refractivity contribution < 1.29 is 0 Å². The lowest BCUT2D eigenvalue weighted by Crippen LogP contribution is -2.61. The SMILES string of the molecule is CC(C)(C)c1ccc(N2c3ccccc3B3c4c(cccc42)-c2ccccc2N3c2c(-c3ccccc3)c3ccccc3c3ccccc23)cc1. The van der Waals surface area contributed by atoms with Crippen LogP contribution in [0.2, 0.25) is 0 Å². The molecule has 2 nitrogen and oxygen atoms in total. The van der Waals surface area contributed by atoms with Crippen LogP contribution in [0.25, 0.3) is 43.8 Å². The standard InChI is InChI=1S/C48H37BN2/c1-48(2,3)33-28-30-34(31-29-33)50-43-26-14-12-24-41(43)49-46-39(23-15-27-44(46)50)37-20-11-13-25-42(37)51(49)47-40-22-10-8-19-36(40)35-18-7-9-21-38(35)45(47)32-16-5-4-6-17-32/h4-31H,1-3H3. The normalized spacial score (nSPS) is 13.3. The van der Waals surface area contributed by atoms with Crippen molar-refractivity contribution in [3.05, 3.63) is 175 Å². The zero-order valence-electron chi connectivity index (χ0n) is 29.1. The van der Waals surface area contributed by atoms with Gasteiger partial charge < -0.3 is 9.71 Å². The molecule has 0 aromatic heterocycles. The van der Waals surface area contributed by atoms with Crippen LogP contribution in [0.3, 0.4) is 0 Å².